The maximum Gasteiger partial charge on any atom is 0.269 e. The van der Waals surface area contributed by atoms with Crippen LogP contribution in [0.2, 0.25) is 0 Å². The molecule has 3 aromatic rings. The monoisotopic (exact) mass is 412 g/mol. The van der Waals surface area contributed by atoms with E-state index in [1.807, 2.05) is 34.0 Å². The number of aryl methyl sites for hydroxylation is 2. The molecular formula is C21H24N4O3S. The van der Waals surface area contributed by atoms with Crippen LogP contribution in [0.3, 0.4) is 0 Å². The SMILES string of the molecule is Cc1ccc2sc(N(CCCN(C)C)C(=O)c3ccc([N+](=O)[O-])cc3)nc2c1C. The van der Waals surface area contributed by atoms with E-state index in [0.29, 0.717) is 17.2 Å². The van der Waals surface area contributed by atoms with Gasteiger partial charge in [-0.1, -0.05) is 17.4 Å². The standard InChI is InChI=1S/C21H24N4O3S/c1-14-6-11-18-19(15(14)2)22-21(29-18)24(13-5-12-23(3)4)20(26)16-7-9-17(10-8-16)25(27)28/h6-11H,5,12-13H2,1-4H3. The number of amides is 1. The van der Waals surface area contributed by atoms with Crippen molar-refractivity contribution in [3.8, 4) is 0 Å². The van der Waals surface area contributed by atoms with Gasteiger partial charge in [-0.3, -0.25) is 19.8 Å². The number of nitro benzene ring substituents is 1. The molecule has 0 N–H and O–H groups in total. The van der Waals surface area contributed by atoms with Gasteiger partial charge >= 0.3 is 0 Å². The van der Waals surface area contributed by atoms with Crippen molar-refractivity contribution in [1.29, 1.82) is 0 Å². The number of carbonyl (C=O) groups excluding carboxylic acids is 1. The van der Waals surface area contributed by atoms with Crippen molar-refractivity contribution in [2.75, 3.05) is 32.1 Å². The quantitative estimate of drug-likeness (QED) is 0.424. The molecule has 2 aromatic carbocycles. The lowest BCUT2D eigenvalue weighted by Gasteiger charge is -2.21. The van der Waals surface area contributed by atoms with Gasteiger partial charge < -0.3 is 4.90 Å². The second-order valence-electron chi connectivity index (χ2n) is 7.27. The summed E-state index contributed by atoms with van der Waals surface area (Å²) in [5.41, 5.74) is 3.56. The number of carbonyl (C=O) groups is 1. The number of thiazole rings is 1. The summed E-state index contributed by atoms with van der Waals surface area (Å²) in [6.07, 6.45) is 0.791. The molecule has 0 bridgehead atoms. The zero-order valence-corrected chi connectivity index (χ0v) is 17.8. The van der Waals surface area contributed by atoms with Crippen molar-refractivity contribution in [2.24, 2.45) is 0 Å². The molecule has 3 rings (SSSR count). The Labute approximate surface area is 173 Å². The first kappa shape index (κ1) is 20.9. The fourth-order valence-corrected chi connectivity index (χ4v) is 4.09. The molecule has 0 saturated heterocycles. The van der Waals surface area contributed by atoms with Crippen LogP contribution >= 0.6 is 11.3 Å². The third-order valence-electron chi connectivity index (χ3n) is 4.86. The van der Waals surface area contributed by atoms with E-state index in [4.69, 9.17) is 4.98 Å². The van der Waals surface area contributed by atoms with E-state index in [2.05, 4.69) is 11.0 Å². The van der Waals surface area contributed by atoms with Crippen LogP contribution in [0.4, 0.5) is 10.8 Å². The van der Waals surface area contributed by atoms with Gasteiger partial charge in [-0.2, -0.15) is 0 Å². The molecule has 29 heavy (non-hydrogen) atoms. The number of nitro groups is 1. The van der Waals surface area contributed by atoms with E-state index in [1.54, 1.807) is 4.90 Å². The van der Waals surface area contributed by atoms with E-state index in [9.17, 15) is 14.9 Å². The van der Waals surface area contributed by atoms with Crippen molar-refractivity contribution in [3.63, 3.8) is 0 Å². The first-order chi connectivity index (χ1) is 13.8. The molecule has 0 unspecified atom stereocenters. The minimum absolute atomic E-state index is 0.0354. The van der Waals surface area contributed by atoms with Crippen molar-refractivity contribution in [1.82, 2.24) is 9.88 Å². The molecule has 1 amide bonds. The summed E-state index contributed by atoms with van der Waals surface area (Å²) in [6.45, 7) is 5.44. The van der Waals surface area contributed by atoms with Crippen LogP contribution in [0, 0.1) is 24.0 Å². The van der Waals surface area contributed by atoms with Gasteiger partial charge in [0, 0.05) is 24.2 Å². The average Bonchev–Trinajstić information content (AvgIpc) is 3.12. The van der Waals surface area contributed by atoms with Crippen LogP contribution in [-0.2, 0) is 0 Å². The summed E-state index contributed by atoms with van der Waals surface area (Å²) < 4.78 is 1.04. The number of benzene rings is 2. The molecule has 1 heterocycles. The predicted octanol–water partition coefficient (Wildman–Crippen LogP) is 4.42. The largest absolute Gasteiger partial charge is 0.309 e. The van der Waals surface area contributed by atoms with Crippen LogP contribution in [0.5, 0.6) is 0 Å². The number of aromatic nitrogens is 1. The molecular weight excluding hydrogens is 388 g/mol. The van der Waals surface area contributed by atoms with Gasteiger partial charge in [-0.05, 0) is 70.2 Å². The van der Waals surface area contributed by atoms with Crippen LogP contribution < -0.4 is 4.90 Å². The van der Waals surface area contributed by atoms with Gasteiger partial charge in [0.1, 0.15) is 0 Å². The topological polar surface area (TPSA) is 79.6 Å². The minimum atomic E-state index is -0.470. The fraction of sp³-hybridized carbons (Fsp3) is 0.333. The summed E-state index contributed by atoms with van der Waals surface area (Å²) in [7, 11) is 3.98. The van der Waals surface area contributed by atoms with E-state index < -0.39 is 4.92 Å². The average molecular weight is 413 g/mol. The van der Waals surface area contributed by atoms with Crippen molar-refractivity contribution < 1.29 is 9.72 Å². The lowest BCUT2D eigenvalue weighted by atomic mass is 10.1. The van der Waals surface area contributed by atoms with Crippen LogP contribution in [0.15, 0.2) is 36.4 Å². The first-order valence-corrected chi connectivity index (χ1v) is 10.2. The Morgan fingerprint density at radius 2 is 1.79 bits per heavy atom. The highest BCUT2D eigenvalue weighted by Gasteiger charge is 2.22. The number of fused-ring (bicyclic) bond motifs is 1. The number of rotatable bonds is 7. The summed E-state index contributed by atoms with van der Waals surface area (Å²) in [4.78, 5) is 32.2. The Kier molecular flexibility index (Phi) is 6.24. The number of non-ortho nitro benzene ring substituents is 1. The Hall–Kier alpha value is -2.84. The zero-order chi connectivity index (χ0) is 21.1. The smallest absolute Gasteiger partial charge is 0.269 e. The van der Waals surface area contributed by atoms with Gasteiger partial charge in [0.25, 0.3) is 11.6 Å². The normalized spacial score (nSPS) is 11.2. The minimum Gasteiger partial charge on any atom is -0.309 e. The van der Waals surface area contributed by atoms with E-state index in [-0.39, 0.29) is 11.6 Å². The van der Waals surface area contributed by atoms with Crippen molar-refractivity contribution in [2.45, 2.75) is 20.3 Å². The summed E-state index contributed by atoms with van der Waals surface area (Å²) in [5, 5.41) is 11.5. The molecule has 1 aromatic heterocycles. The number of hydrogen-bond acceptors (Lipinski definition) is 6. The van der Waals surface area contributed by atoms with Crippen LogP contribution in [-0.4, -0.2) is 47.9 Å². The van der Waals surface area contributed by atoms with E-state index >= 15 is 0 Å². The Bertz CT molecular complexity index is 1040. The lowest BCUT2D eigenvalue weighted by molar-refractivity contribution is -0.384. The number of anilines is 1. The molecule has 0 fully saturated rings. The highest BCUT2D eigenvalue weighted by atomic mass is 32.1. The molecule has 0 radical (unpaired) electrons. The molecule has 0 aliphatic carbocycles. The van der Waals surface area contributed by atoms with Gasteiger partial charge in [0.2, 0.25) is 0 Å². The molecule has 7 nitrogen and oxygen atoms in total. The van der Waals surface area contributed by atoms with E-state index in [0.717, 1.165) is 34.3 Å². The molecule has 0 spiro atoms. The van der Waals surface area contributed by atoms with Gasteiger partial charge in [0.05, 0.1) is 15.1 Å². The van der Waals surface area contributed by atoms with Gasteiger partial charge in [-0.25, -0.2) is 4.98 Å². The maximum absolute atomic E-state index is 13.2. The molecule has 8 heteroatoms. The second kappa shape index (κ2) is 8.67. The third kappa shape index (κ3) is 4.60. The molecule has 152 valence electrons. The van der Waals surface area contributed by atoms with E-state index in [1.165, 1.54) is 35.6 Å². The van der Waals surface area contributed by atoms with Crippen LogP contribution in [0.25, 0.3) is 10.2 Å². The van der Waals surface area contributed by atoms with Crippen molar-refractivity contribution in [3.05, 3.63) is 63.2 Å². The maximum atomic E-state index is 13.2. The first-order valence-electron chi connectivity index (χ1n) is 9.35. The number of nitrogens with zero attached hydrogens (tertiary/aromatic N) is 4. The number of hydrogen-bond donors (Lipinski definition) is 0. The molecule has 0 atom stereocenters. The van der Waals surface area contributed by atoms with Crippen molar-refractivity contribution >= 4 is 38.3 Å². The Morgan fingerprint density at radius 3 is 2.41 bits per heavy atom. The highest BCUT2D eigenvalue weighted by molar-refractivity contribution is 7.22. The molecule has 0 saturated carbocycles. The van der Waals surface area contributed by atoms with Gasteiger partial charge in [-0.15, -0.1) is 0 Å². The Balaban J connectivity index is 1.96. The highest BCUT2D eigenvalue weighted by Crippen LogP contribution is 2.32. The van der Waals surface area contributed by atoms with Crippen LogP contribution in [0.1, 0.15) is 27.9 Å². The molecule has 0 aliphatic rings. The summed E-state index contributed by atoms with van der Waals surface area (Å²) in [6, 6.07) is 9.82. The fourth-order valence-electron chi connectivity index (χ4n) is 3.04. The zero-order valence-electron chi connectivity index (χ0n) is 17.0. The lowest BCUT2D eigenvalue weighted by Crippen LogP contribution is -2.33. The van der Waals surface area contributed by atoms with Gasteiger partial charge in [0.15, 0.2) is 5.13 Å². The third-order valence-corrected chi connectivity index (χ3v) is 5.91. The predicted molar refractivity (Wildman–Crippen MR) is 117 cm³/mol. The second-order valence-corrected chi connectivity index (χ2v) is 8.28. The Morgan fingerprint density at radius 1 is 1.10 bits per heavy atom. The molecule has 0 aliphatic heterocycles. The summed E-state index contributed by atoms with van der Waals surface area (Å²) >= 11 is 1.49. The summed E-state index contributed by atoms with van der Waals surface area (Å²) in [5.74, 6) is -0.202.